The van der Waals surface area contributed by atoms with Crippen molar-refractivity contribution in [2.75, 3.05) is 0 Å². The van der Waals surface area contributed by atoms with Gasteiger partial charge in [0.15, 0.2) is 6.19 Å². The summed E-state index contributed by atoms with van der Waals surface area (Å²) >= 11 is 0. The molecule has 4 rings (SSSR count). The van der Waals surface area contributed by atoms with Gasteiger partial charge in [-0.05, 0) is 51.3 Å². The van der Waals surface area contributed by atoms with Crippen molar-refractivity contribution in [1.82, 2.24) is 20.4 Å². The van der Waals surface area contributed by atoms with Gasteiger partial charge in [0.25, 0.3) is 5.91 Å². The SMILES string of the molecule is CC[C@H]1C[C@@H](NC(=O)c2cc3ccc(-c4c(C)noc4C)cc3[nH]2)[C@@H](C)N1C#N. The van der Waals surface area contributed by atoms with E-state index in [0.717, 1.165) is 46.3 Å². The van der Waals surface area contributed by atoms with Gasteiger partial charge in [-0.1, -0.05) is 24.2 Å². The Labute approximate surface area is 169 Å². The van der Waals surface area contributed by atoms with Crippen LogP contribution in [0.5, 0.6) is 0 Å². The topological polar surface area (TPSA) is 97.9 Å². The van der Waals surface area contributed by atoms with Gasteiger partial charge in [-0.3, -0.25) is 4.79 Å². The zero-order chi connectivity index (χ0) is 20.7. The maximum Gasteiger partial charge on any atom is 0.268 e. The normalized spacial score (nSPS) is 21.5. The van der Waals surface area contributed by atoms with E-state index in [9.17, 15) is 10.1 Å². The lowest BCUT2D eigenvalue weighted by Gasteiger charge is -2.22. The Morgan fingerprint density at radius 2 is 2.21 bits per heavy atom. The first-order valence-electron chi connectivity index (χ1n) is 9.97. The van der Waals surface area contributed by atoms with E-state index in [0.29, 0.717) is 5.69 Å². The van der Waals surface area contributed by atoms with E-state index in [1.807, 2.05) is 45.0 Å². The Morgan fingerprint density at radius 1 is 1.41 bits per heavy atom. The van der Waals surface area contributed by atoms with Crippen molar-refractivity contribution in [3.8, 4) is 17.3 Å². The van der Waals surface area contributed by atoms with Crippen LogP contribution in [0.4, 0.5) is 0 Å². The highest BCUT2D eigenvalue weighted by atomic mass is 16.5. The minimum absolute atomic E-state index is 0.00979. The molecule has 1 fully saturated rings. The number of carbonyl (C=O) groups excluding carboxylic acids is 1. The van der Waals surface area contributed by atoms with Crippen molar-refractivity contribution >= 4 is 16.8 Å². The summed E-state index contributed by atoms with van der Waals surface area (Å²) in [6, 6.07) is 8.01. The number of H-pyrrole nitrogens is 1. The van der Waals surface area contributed by atoms with Gasteiger partial charge in [-0.15, -0.1) is 0 Å². The average molecular weight is 391 g/mol. The Balaban J connectivity index is 1.57. The maximum absolute atomic E-state index is 12.9. The predicted octanol–water partition coefficient (Wildman–Crippen LogP) is 3.89. The molecule has 1 aromatic carbocycles. The fourth-order valence-electron chi connectivity index (χ4n) is 4.39. The van der Waals surface area contributed by atoms with Gasteiger partial charge in [0.2, 0.25) is 0 Å². The molecule has 0 unspecified atom stereocenters. The van der Waals surface area contributed by atoms with Crippen molar-refractivity contribution < 1.29 is 9.32 Å². The minimum Gasteiger partial charge on any atom is -0.361 e. The molecule has 29 heavy (non-hydrogen) atoms. The van der Waals surface area contributed by atoms with Crippen LogP contribution in [0, 0.1) is 25.3 Å². The Bertz CT molecular complexity index is 1090. The summed E-state index contributed by atoms with van der Waals surface area (Å²) in [4.78, 5) is 17.9. The number of fused-ring (bicyclic) bond motifs is 1. The summed E-state index contributed by atoms with van der Waals surface area (Å²) in [5, 5.41) is 17.5. The van der Waals surface area contributed by atoms with Gasteiger partial charge in [0, 0.05) is 22.5 Å². The summed E-state index contributed by atoms with van der Waals surface area (Å²) in [5.41, 5.74) is 4.23. The number of aromatic amines is 1. The molecule has 0 bridgehead atoms. The van der Waals surface area contributed by atoms with Crippen LogP contribution in [0.15, 0.2) is 28.8 Å². The first-order chi connectivity index (χ1) is 13.9. The first-order valence-corrected chi connectivity index (χ1v) is 9.97. The van der Waals surface area contributed by atoms with Crippen molar-refractivity contribution in [3.05, 3.63) is 41.4 Å². The van der Waals surface area contributed by atoms with Crippen molar-refractivity contribution in [1.29, 1.82) is 5.26 Å². The molecule has 0 aliphatic carbocycles. The van der Waals surface area contributed by atoms with Gasteiger partial charge in [0.1, 0.15) is 11.5 Å². The minimum atomic E-state index is -0.147. The van der Waals surface area contributed by atoms with Gasteiger partial charge >= 0.3 is 0 Å². The Morgan fingerprint density at radius 3 is 2.83 bits per heavy atom. The summed E-state index contributed by atoms with van der Waals surface area (Å²) in [5.74, 6) is 0.626. The molecule has 3 heterocycles. The second-order valence-electron chi connectivity index (χ2n) is 7.81. The summed E-state index contributed by atoms with van der Waals surface area (Å²) in [6.45, 7) is 7.87. The highest BCUT2D eigenvalue weighted by molar-refractivity contribution is 5.99. The van der Waals surface area contributed by atoms with E-state index < -0.39 is 0 Å². The van der Waals surface area contributed by atoms with Gasteiger partial charge in [0.05, 0.1) is 17.8 Å². The number of carbonyl (C=O) groups is 1. The third-order valence-electron chi connectivity index (χ3n) is 6.03. The fourth-order valence-corrected chi connectivity index (χ4v) is 4.39. The number of aryl methyl sites for hydroxylation is 2. The van der Waals surface area contributed by atoms with E-state index in [1.165, 1.54) is 0 Å². The molecule has 1 amide bonds. The molecule has 3 atom stereocenters. The van der Waals surface area contributed by atoms with E-state index >= 15 is 0 Å². The van der Waals surface area contributed by atoms with Gasteiger partial charge < -0.3 is 19.7 Å². The molecule has 3 aromatic rings. The third-order valence-corrected chi connectivity index (χ3v) is 6.03. The van der Waals surface area contributed by atoms with E-state index in [2.05, 4.69) is 28.6 Å². The van der Waals surface area contributed by atoms with Crippen LogP contribution in [0.1, 0.15) is 48.6 Å². The number of nitrogens with one attached hydrogen (secondary N) is 2. The molecule has 0 spiro atoms. The lowest BCUT2D eigenvalue weighted by atomic mass is 10.0. The number of aromatic nitrogens is 2. The number of amides is 1. The molecule has 1 saturated heterocycles. The van der Waals surface area contributed by atoms with Crippen LogP contribution in [0.25, 0.3) is 22.0 Å². The molecular formula is C22H25N5O2. The Hall–Kier alpha value is -3.27. The number of likely N-dealkylation sites (tertiary alicyclic amines) is 1. The largest absolute Gasteiger partial charge is 0.361 e. The van der Waals surface area contributed by atoms with Crippen LogP contribution in [-0.4, -0.2) is 39.1 Å². The highest BCUT2D eigenvalue weighted by Gasteiger charge is 2.38. The molecule has 1 aliphatic rings. The summed E-state index contributed by atoms with van der Waals surface area (Å²) in [6.07, 6.45) is 3.94. The van der Waals surface area contributed by atoms with Crippen molar-refractivity contribution in [2.45, 2.75) is 58.7 Å². The quantitative estimate of drug-likeness (QED) is 0.658. The standard InChI is InChI=1S/C22H25N5O2/c1-5-17-10-18(13(3)27(17)11-23)25-22(28)20-8-15-6-7-16(9-19(15)24-20)21-12(2)26-29-14(21)4/h6-9,13,17-18,24H,5,10H2,1-4H3,(H,25,28)/t13-,17+,18-/m1/s1. The number of rotatable bonds is 4. The lowest BCUT2D eigenvalue weighted by molar-refractivity contribution is 0.0927. The molecule has 7 heteroatoms. The number of hydrogen-bond acceptors (Lipinski definition) is 5. The monoisotopic (exact) mass is 391 g/mol. The summed E-state index contributed by atoms with van der Waals surface area (Å²) in [7, 11) is 0. The predicted molar refractivity (Wildman–Crippen MR) is 110 cm³/mol. The lowest BCUT2D eigenvalue weighted by Crippen LogP contribution is -2.42. The first kappa shape index (κ1) is 19.1. The molecule has 2 aromatic heterocycles. The van der Waals surface area contributed by atoms with Crippen LogP contribution in [-0.2, 0) is 0 Å². The van der Waals surface area contributed by atoms with Gasteiger partial charge in [-0.2, -0.15) is 5.26 Å². The smallest absolute Gasteiger partial charge is 0.268 e. The molecule has 2 N–H and O–H groups in total. The molecule has 150 valence electrons. The van der Waals surface area contributed by atoms with Crippen LogP contribution in [0.3, 0.4) is 0 Å². The van der Waals surface area contributed by atoms with Gasteiger partial charge in [-0.25, -0.2) is 0 Å². The van der Waals surface area contributed by atoms with Crippen molar-refractivity contribution in [3.63, 3.8) is 0 Å². The zero-order valence-corrected chi connectivity index (χ0v) is 17.1. The van der Waals surface area contributed by atoms with E-state index in [4.69, 9.17) is 4.52 Å². The molecule has 7 nitrogen and oxygen atoms in total. The molecule has 0 saturated carbocycles. The van der Waals surface area contributed by atoms with E-state index in [1.54, 1.807) is 4.90 Å². The number of benzene rings is 1. The van der Waals surface area contributed by atoms with E-state index in [-0.39, 0.29) is 24.0 Å². The second-order valence-corrected chi connectivity index (χ2v) is 7.81. The second kappa shape index (κ2) is 7.28. The summed E-state index contributed by atoms with van der Waals surface area (Å²) < 4.78 is 5.27. The molecule has 0 radical (unpaired) electrons. The highest BCUT2D eigenvalue weighted by Crippen LogP contribution is 2.30. The molecule has 1 aliphatic heterocycles. The number of hydrogen-bond donors (Lipinski definition) is 2. The number of nitriles is 1. The zero-order valence-electron chi connectivity index (χ0n) is 17.1. The maximum atomic E-state index is 12.9. The van der Waals surface area contributed by atoms with Crippen LogP contribution in [0.2, 0.25) is 0 Å². The fraction of sp³-hybridized carbons (Fsp3) is 0.409. The average Bonchev–Trinajstić information content (AvgIpc) is 3.37. The molecular weight excluding hydrogens is 366 g/mol. The Kier molecular flexibility index (Phi) is 4.79. The number of nitrogens with zero attached hydrogens (tertiary/aromatic N) is 3. The van der Waals surface area contributed by atoms with Crippen LogP contribution >= 0.6 is 0 Å². The van der Waals surface area contributed by atoms with Crippen LogP contribution < -0.4 is 5.32 Å². The van der Waals surface area contributed by atoms with Crippen molar-refractivity contribution in [2.24, 2.45) is 0 Å². The third kappa shape index (κ3) is 3.25.